The molecule has 3 rings (SSSR count). The number of rotatable bonds is 5. The van der Waals surface area contributed by atoms with E-state index in [1.165, 1.54) is 11.7 Å². The van der Waals surface area contributed by atoms with E-state index in [0.717, 1.165) is 0 Å². The number of hydrogen-bond acceptors (Lipinski definition) is 5. The first-order chi connectivity index (χ1) is 12.5. The van der Waals surface area contributed by atoms with Crippen LogP contribution in [0.1, 0.15) is 0 Å². The number of para-hydroxylation sites is 1. The van der Waals surface area contributed by atoms with Gasteiger partial charge in [-0.2, -0.15) is 0 Å². The fourth-order valence-corrected chi connectivity index (χ4v) is 2.84. The lowest BCUT2D eigenvalue weighted by molar-refractivity contribution is -0.116. The molecule has 1 aromatic heterocycles. The van der Waals surface area contributed by atoms with Crippen molar-refractivity contribution in [2.75, 3.05) is 19.5 Å². The minimum absolute atomic E-state index is 0.186. The van der Waals surface area contributed by atoms with Crippen LogP contribution in [0.3, 0.4) is 0 Å². The Morgan fingerprint density at radius 1 is 1.19 bits per heavy atom. The molecule has 7 nitrogen and oxygen atoms in total. The molecule has 0 aliphatic rings. The number of nitrogens with one attached hydrogen (secondary N) is 2. The van der Waals surface area contributed by atoms with Gasteiger partial charge in [-0.05, 0) is 36.5 Å². The topological polar surface area (TPSA) is 85.4 Å². The standard InChI is InChI=1S/C18H17N3O4S/c1-24-11-7-8-14(15(9-11)25-2)19-16(22)10-21-17(23)12-5-3-4-6-13(12)20-18(21)26/h3-9H,10H2,1-2H3,(H,19,22)(H,20,26). The van der Waals surface area contributed by atoms with Crippen LogP contribution in [0.15, 0.2) is 47.3 Å². The van der Waals surface area contributed by atoms with Crippen LogP contribution in [0.25, 0.3) is 10.9 Å². The second-order valence-corrected chi connectivity index (χ2v) is 5.87. The summed E-state index contributed by atoms with van der Waals surface area (Å²) < 4.78 is 11.8. The van der Waals surface area contributed by atoms with Crippen LogP contribution in [0.4, 0.5) is 5.69 Å². The Hall–Kier alpha value is -3.13. The molecule has 2 aromatic carbocycles. The molecule has 1 amide bonds. The van der Waals surface area contributed by atoms with Crippen LogP contribution >= 0.6 is 12.2 Å². The maximum atomic E-state index is 12.6. The summed E-state index contributed by atoms with van der Waals surface area (Å²) in [5.74, 6) is 0.659. The molecule has 0 atom stereocenters. The summed E-state index contributed by atoms with van der Waals surface area (Å²) in [5.41, 5.74) is 0.791. The fourth-order valence-electron chi connectivity index (χ4n) is 2.58. The van der Waals surface area contributed by atoms with Crippen molar-refractivity contribution in [2.24, 2.45) is 0 Å². The van der Waals surface area contributed by atoms with Gasteiger partial charge in [0.25, 0.3) is 5.56 Å². The third kappa shape index (κ3) is 3.45. The third-order valence-electron chi connectivity index (χ3n) is 3.87. The lowest BCUT2D eigenvalue weighted by atomic mass is 10.2. The highest BCUT2D eigenvalue weighted by atomic mass is 32.1. The van der Waals surface area contributed by atoms with E-state index in [4.69, 9.17) is 21.7 Å². The monoisotopic (exact) mass is 371 g/mol. The first-order valence-electron chi connectivity index (χ1n) is 7.77. The summed E-state index contributed by atoms with van der Waals surface area (Å²) in [4.78, 5) is 28.0. The Labute approximate surface area is 154 Å². The van der Waals surface area contributed by atoms with Crippen LogP contribution in [-0.4, -0.2) is 29.7 Å². The third-order valence-corrected chi connectivity index (χ3v) is 4.20. The lowest BCUT2D eigenvalue weighted by Gasteiger charge is -2.12. The molecule has 1 heterocycles. The van der Waals surface area contributed by atoms with E-state index < -0.39 is 5.91 Å². The summed E-state index contributed by atoms with van der Waals surface area (Å²) in [6, 6.07) is 12.0. The van der Waals surface area contributed by atoms with Gasteiger partial charge in [0.15, 0.2) is 4.77 Å². The van der Waals surface area contributed by atoms with E-state index >= 15 is 0 Å². The van der Waals surface area contributed by atoms with Crippen molar-refractivity contribution in [3.8, 4) is 11.5 Å². The molecule has 0 aliphatic carbocycles. The zero-order chi connectivity index (χ0) is 18.7. The number of aromatic nitrogens is 2. The predicted octanol–water partition coefficient (Wildman–Crippen LogP) is 2.71. The molecule has 0 aliphatic heterocycles. The zero-order valence-corrected chi connectivity index (χ0v) is 15.1. The van der Waals surface area contributed by atoms with Gasteiger partial charge < -0.3 is 19.8 Å². The fraction of sp³-hybridized carbons (Fsp3) is 0.167. The molecular formula is C18H17N3O4S. The Kier molecular flexibility index (Phi) is 5.04. The van der Waals surface area contributed by atoms with Gasteiger partial charge in [-0.1, -0.05) is 12.1 Å². The minimum atomic E-state index is -0.398. The van der Waals surface area contributed by atoms with E-state index in [0.29, 0.717) is 28.1 Å². The average Bonchev–Trinajstić information content (AvgIpc) is 2.65. The first-order valence-corrected chi connectivity index (χ1v) is 8.18. The maximum Gasteiger partial charge on any atom is 0.262 e. The highest BCUT2D eigenvalue weighted by Crippen LogP contribution is 2.28. The summed E-state index contributed by atoms with van der Waals surface area (Å²) in [6.45, 7) is -0.214. The largest absolute Gasteiger partial charge is 0.497 e. The molecule has 3 aromatic rings. The SMILES string of the molecule is COc1ccc(NC(=O)Cn2c(=S)[nH]c3ccccc3c2=O)c(OC)c1. The van der Waals surface area contributed by atoms with Gasteiger partial charge in [-0.25, -0.2) is 0 Å². The molecule has 2 N–H and O–H groups in total. The van der Waals surface area contributed by atoms with Gasteiger partial charge in [0.2, 0.25) is 5.91 Å². The van der Waals surface area contributed by atoms with Crippen LogP contribution < -0.4 is 20.3 Å². The molecule has 134 valence electrons. The number of carbonyl (C=O) groups is 1. The second-order valence-electron chi connectivity index (χ2n) is 5.48. The molecule has 0 fully saturated rings. The van der Waals surface area contributed by atoms with E-state index in [1.807, 2.05) is 0 Å². The van der Waals surface area contributed by atoms with Crippen LogP contribution in [-0.2, 0) is 11.3 Å². The van der Waals surface area contributed by atoms with Gasteiger partial charge in [-0.3, -0.25) is 14.2 Å². The van der Waals surface area contributed by atoms with E-state index in [-0.39, 0.29) is 16.9 Å². The normalized spacial score (nSPS) is 10.5. The molecule has 26 heavy (non-hydrogen) atoms. The highest BCUT2D eigenvalue weighted by Gasteiger charge is 2.12. The van der Waals surface area contributed by atoms with Crippen molar-refractivity contribution in [1.82, 2.24) is 9.55 Å². The Morgan fingerprint density at radius 3 is 2.69 bits per heavy atom. The molecule has 0 saturated carbocycles. The van der Waals surface area contributed by atoms with Gasteiger partial charge >= 0.3 is 0 Å². The Balaban J connectivity index is 1.89. The van der Waals surface area contributed by atoms with Crippen molar-refractivity contribution in [2.45, 2.75) is 6.54 Å². The van der Waals surface area contributed by atoms with E-state index in [9.17, 15) is 9.59 Å². The predicted molar refractivity (Wildman–Crippen MR) is 102 cm³/mol. The number of anilines is 1. The molecule has 0 unspecified atom stereocenters. The number of benzene rings is 2. The number of amides is 1. The zero-order valence-electron chi connectivity index (χ0n) is 14.2. The number of hydrogen-bond donors (Lipinski definition) is 2. The van der Waals surface area contributed by atoms with Crippen LogP contribution in [0.5, 0.6) is 11.5 Å². The van der Waals surface area contributed by atoms with Crippen molar-refractivity contribution in [3.63, 3.8) is 0 Å². The minimum Gasteiger partial charge on any atom is -0.497 e. The highest BCUT2D eigenvalue weighted by molar-refractivity contribution is 7.71. The number of carbonyl (C=O) groups excluding carboxylic acids is 1. The number of nitrogens with zero attached hydrogens (tertiary/aromatic N) is 1. The van der Waals surface area contributed by atoms with Gasteiger partial charge in [0.1, 0.15) is 18.0 Å². The lowest BCUT2D eigenvalue weighted by Crippen LogP contribution is -2.29. The maximum absolute atomic E-state index is 12.6. The molecule has 0 radical (unpaired) electrons. The van der Waals surface area contributed by atoms with Crippen molar-refractivity contribution in [3.05, 3.63) is 57.6 Å². The average molecular weight is 371 g/mol. The Bertz CT molecular complexity index is 1090. The molecule has 0 bridgehead atoms. The molecular weight excluding hydrogens is 354 g/mol. The smallest absolute Gasteiger partial charge is 0.262 e. The molecule has 0 spiro atoms. The van der Waals surface area contributed by atoms with E-state index in [1.54, 1.807) is 49.6 Å². The number of methoxy groups -OCH3 is 2. The van der Waals surface area contributed by atoms with Crippen molar-refractivity contribution < 1.29 is 14.3 Å². The number of H-pyrrole nitrogens is 1. The van der Waals surface area contributed by atoms with Crippen molar-refractivity contribution in [1.29, 1.82) is 0 Å². The quantitative estimate of drug-likeness (QED) is 0.674. The van der Waals surface area contributed by atoms with Gasteiger partial charge in [-0.15, -0.1) is 0 Å². The number of fused-ring (bicyclic) bond motifs is 1. The summed E-state index contributed by atoms with van der Waals surface area (Å²) in [5, 5.41) is 3.19. The molecule has 8 heteroatoms. The van der Waals surface area contributed by atoms with Crippen molar-refractivity contribution >= 4 is 34.7 Å². The number of aromatic amines is 1. The van der Waals surface area contributed by atoms with Crippen LogP contribution in [0, 0.1) is 4.77 Å². The second kappa shape index (κ2) is 7.40. The summed E-state index contributed by atoms with van der Waals surface area (Å²) >= 11 is 5.22. The molecule has 0 saturated heterocycles. The van der Waals surface area contributed by atoms with Crippen LogP contribution in [0.2, 0.25) is 0 Å². The first kappa shape index (κ1) is 17.7. The Morgan fingerprint density at radius 2 is 1.96 bits per heavy atom. The van der Waals surface area contributed by atoms with Gasteiger partial charge in [0, 0.05) is 6.07 Å². The number of ether oxygens (including phenoxy) is 2. The summed E-state index contributed by atoms with van der Waals surface area (Å²) in [7, 11) is 3.04. The van der Waals surface area contributed by atoms with E-state index in [2.05, 4.69) is 10.3 Å². The summed E-state index contributed by atoms with van der Waals surface area (Å²) in [6.07, 6.45) is 0. The van der Waals surface area contributed by atoms with Gasteiger partial charge in [0.05, 0.1) is 30.8 Å².